The Hall–Kier alpha value is -3.26. The van der Waals surface area contributed by atoms with Gasteiger partial charge in [-0.05, 0) is 26.0 Å². The van der Waals surface area contributed by atoms with Gasteiger partial charge in [0.1, 0.15) is 0 Å². The van der Waals surface area contributed by atoms with Crippen LogP contribution in [0.25, 0.3) is 10.6 Å². The molecule has 0 unspecified atom stereocenters. The van der Waals surface area contributed by atoms with Gasteiger partial charge in [0.2, 0.25) is 0 Å². The molecular formula is C20H19N5O2S. The summed E-state index contributed by atoms with van der Waals surface area (Å²) in [5, 5.41) is 9.16. The fourth-order valence-electron chi connectivity index (χ4n) is 3.12. The summed E-state index contributed by atoms with van der Waals surface area (Å²) in [5.74, 6) is -0.180. The van der Waals surface area contributed by atoms with Gasteiger partial charge in [-0.2, -0.15) is 5.10 Å². The second-order valence-electron chi connectivity index (χ2n) is 6.48. The fourth-order valence-corrected chi connectivity index (χ4v) is 4.09. The number of rotatable bonds is 5. The quantitative estimate of drug-likeness (QED) is 0.565. The zero-order valence-corrected chi connectivity index (χ0v) is 16.4. The van der Waals surface area contributed by atoms with Crippen LogP contribution in [0.2, 0.25) is 0 Å². The van der Waals surface area contributed by atoms with Gasteiger partial charge in [0.05, 0.1) is 23.1 Å². The van der Waals surface area contributed by atoms with E-state index in [2.05, 4.69) is 15.4 Å². The van der Waals surface area contributed by atoms with Crippen LogP contribution >= 0.6 is 11.3 Å². The molecule has 0 aliphatic heterocycles. The van der Waals surface area contributed by atoms with Crippen LogP contribution in [0.1, 0.15) is 27.4 Å². The van der Waals surface area contributed by atoms with Crippen molar-refractivity contribution in [2.45, 2.75) is 20.3 Å². The number of fused-ring (bicyclic) bond motifs is 1. The summed E-state index contributed by atoms with van der Waals surface area (Å²) in [4.78, 5) is 29.8. The third-order valence-electron chi connectivity index (χ3n) is 4.53. The minimum absolute atomic E-state index is 0.0925. The van der Waals surface area contributed by atoms with Gasteiger partial charge in [-0.25, -0.2) is 9.67 Å². The molecule has 0 aliphatic rings. The molecule has 0 atom stereocenters. The normalized spacial score (nSPS) is 11.1. The average Bonchev–Trinajstić information content (AvgIpc) is 3.26. The van der Waals surface area contributed by atoms with Gasteiger partial charge in [-0.15, -0.1) is 11.3 Å². The molecule has 1 N–H and O–H groups in total. The molecule has 0 aliphatic carbocycles. The van der Waals surface area contributed by atoms with Gasteiger partial charge < -0.3 is 5.32 Å². The van der Waals surface area contributed by atoms with E-state index >= 15 is 0 Å². The van der Waals surface area contributed by atoms with Gasteiger partial charge in [0, 0.05) is 35.8 Å². The largest absolute Gasteiger partial charge is 0.352 e. The lowest BCUT2D eigenvalue weighted by atomic mass is 10.2. The standard InChI is InChI=1S/C20H19N5O2S/c1-13-10-18(26)24-16(12-28-20(24)23-13)8-9-21-19(27)17-11-22-25(14(17)2)15-6-4-3-5-7-15/h3-7,10-12H,8-9H2,1-2H3,(H,21,27). The Bertz CT molecular complexity index is 1210. The molecule has 0 bridgehead atoms. The number of hydrogen-bond acceptors (Lipinski definition) is 5. The molecule has 8 heteroatoms. The molecule has 0 fully saturated rings. The first-order valence-corrected chi connectivity index (χ1v) is 9.77. The van der Waals surface area contributed by atoms with Crippen LogP contribution in [0.5, 0.6) is 0 Å². The number of carbonyl (C=O) groups excluding carboxylic acids is 1. The van der Waals surface area contributed by atoms with Crippen molar-refractivity contribution in [3.05, 3.63) is 81.0 Å². The summed E-state index contributed by atoms with van der Waals surface area (Å²) in [6.07, 6.45) is 2.12. The lowest BCUT2D eigenvalue weighted by Crippen LogP contribution is -2.27. The Morgan fingerprint density at radius 3 is 2.79 bits per heavy atom. The highest BCUT2D eigenvalue weighted by molar-refractivity contribution is 7.15. The SMILES string of the molecule is Cc1cc(=O)n2c(CCNC(=O)c3cnn(-c4ccccc4)c3C)csc2n1. The summed E-state index contributed by atoms with van der Waals surface area (Å²) in [6.45, 7) is 4.09. The first-order valence-electron chi connectivity index (χ1n) is 8.89. The summed E-state index contributed by atoms with van der Waals surface area (Å²) < 4.78 is 3.34. The molecule has 1 amide bonds. The number of nitrogens with one attached hydrogen (secondary N) is 1. The molecule has 0 saturated carbocycles. The summed E-state index contributed by atoms with van der Waals surface area (Å²) >= 11 is 1.43. The van der Waals surface area contributed by atoms with Crippen molar-refractivity contribution in [3.63, 3.8) is 0 Å². The highest BCUT2D eigenvalue weighted by Gasteiger charge is 2.15. The van der Waals surface area contributed by atoms with E-state index < -0.39 is 0 Å². The Balaban J connectivity index is 1.46. The summed E-state index contributed by atoms with van der Waals surface area (Å²) in [7, 11) is 0. The Morgan fingerprint density at radius 1 is 1.21 bits per heavy atom. The lowest BCUT2D eigenvalue weighted by Gasteiger charge is -2.07. The molecular weight excluding hydrogens is 374 g/mol. The highest BCUT2D eigenvalue weighted by Crippen LogP contribution is 2.15. The van der Waals surface area contributed by atoms with Crippen molar-refractivity contribution in [1.82, 2.24) is 24.5 Å². The Kier molecular flexibility index (Phi) is 4.79. The van der Waals surface area contributed by atoms with E-state index in [1.165, 1.54) is 17.4 Å². The monoisotopic (exact) mass is 393 g/mol. The number of benzene rings is 1. The topological polar surface area (TPSA) is 81.3 Å². The van der Waals surface area contributed by atoms with Crippen LogP contribution in [0.4, 0.5) is 0 Å². The molecule has 3 heterocycles. The average molecular weight is 393 g/mol. The molecule has 0 spiro atoms. The van der Waals surface area contributed by atoms with Crippen LogP contribution in [0.15, 0.2) is 52.8 Å². The van der Waals surface area contributed by atoms with E-state index in [0.717, 1.165) is 17.1 Å². The number of carbonyl (C=O) groups is 1. The number of aryl methyl sites for hydroxylation is 1. The number of para-hydroxylation sites is 1. The third kappa shape index (κ3) is 3.34. The summed E-state index contributed by atoms with van der Waals surface area (Å²) in [5.41, 5.74) is 3.68. The predicted octanol–water partition coefficient (Wildman–Crippen LogP) is 2.53. The van der Waals surface area contributed by atoms with Crippen molar-refractivity contribution >= 4 is 22.2 Å². The van der Waals surface area contributed by atoms with Crippen molar-refractivity contribution < 1.29 is 4.79 Å². The highest BCUT2D eigenvalue weighted by atomic mass is 32.1. The maximum absolute atomic E-state index is 12.6. The second kappa shape index (κ2) is 7.40. The van der Waals surface area contributed by atoms with Crippen molar-refractivity contribution in [1.29, 1.82) is 0 Å². The Morgan fingerprint density at radius 2 is 2.00 bits per heavy atom. The zero-order valence-electron chi connectivity index (χ0n) is 15.5. The van der Waals surface area contributed by atoms with Gasteiger partial charge in [-0.3, -0.25) is 14.0 Å². The van der Waals surface area contributed by atoms with Crippen molar-refractivity contribution in [2.24, 2.45) is 0 Å². The molecule has 142 valence electrons. The number of nitrogens with zero attached hydrogens (tertiary/aromatic N) is 4. The number of aromatic nitrogens is 4. The molecule has 28 heavy (non-hydrogen) atoms. The zero-order chi connectivity index (χ0) is 19.7. The molecule has 3 aromatic heterocycles. The van der Waals surface area contributed by atoms with Gasteiger partial charge in [0.25, 0.3) is 11.5 Å². The van der Waals surface area contributed by atoms with Crippen molar-refractivity contribution in [3.8, 4) is 5.69 Å². The first kappa shape index (κ1) is 18.1. The van der Waals surface area contributed by atoms with Crippen LogP contribution in [-0.4, -0.2) is 31.6 Å². The Labute approximate surface area is 165 Å². The maximum Gasteiger partial charge on any atom is 0.258 e. The van der Waals surface area contributed by atoms with Crippen LogP contribution in [0.3, 0.4) is 0 Å². The fraction of sp³-hybridized carbons (Fsp3) is 0.200. The smallest absolute Gasteiger partial charge is 0.258 e. The minimum atomic E-state index is -0.180. The van der Waals surface area contributed by atoms with Gasteiger partial charge >= 0.3 is 0 Å². The molecule has 4 rings (SSSR count). The van der Waals surface area contributed by atoms with E-state index in [0.29, 0.717) is 29.2 Å². The van der Waals surface area contributed by atoms with E-state index in [1.807, 2.05) is 42.6 Å². The lowest BCUT2D eigenvalue weighted by molar-refractivity contribution is 0.0953. The van der Waals surface area contributed by atoms with E-state index in [-0.39, 0.29) is 11.5 Å². The van der Waals surface area contributed by atoms with E-state index in [1.54, 1.807) is 22.2 Å². The number of thiazole rings is 1. The number of amides is 1. The number of hydrogen-bond donors (Lipinski definition) is 1. The van der Waals surface area contributed by atoms with Crippen LogP contribution in [-0.2, 0) is 6.42 Å². The van der Waals surface area contributed by atoms with E-state index in [9.17, 15) is 9.59 Å². The van der Waals surface area contributed by atoms with Crippen LogP contribution < -0.4 is 10.9 Å². The minimum Gasteiger partial charge on any atom is -0.352 e. The molecule has 0 radical (unpaired) electrons. The van der Waals surface area contributed by atoms with Gasteiger partial charge in [0.15, 0.2) is 4.96 Å². The van der Waals surface area contributed by atoms with E-state index in [4.69, 9.17) is 0 Å². The maximum atomic E-state index is 12.6. The second-order valence-corrected chi connectivity index (χ2v) is 7.31. The molecule has 7 nitrogen and oxygen atoms in total. The third-order valence-corrected chi connectivity index (χ3v) is 5.40. The summed E-state index contributed by atoms with van der Waals surface area (Å²) in [6, 6.07) is 11.2. The predicted molar refractivity (Wildman–Crippen MR) is 108 cm³/mol. The molecule has 0 saturated heterocycles. The van der Waals surface area contributed by atoms with Gasteiger partial charge in [-0.1, -0.05) is 18.2 Å². The van der Waals surface area contributed by atoms with Crippen molar-refractivity contribution in [2.75, 3.05) is 6.54 Å². The van der Waals surface area contributed by atoms with Crippen LogP contribution in [0, 0.1) is 13.8 Å². The molecule has 1 aromatic carbocycles. The molecule has 4 aromatic rings. The first-order chi connectivity index (χ1) is 13.5.